The van der Waals surface area contributed by atoms with Crippen LogP contribution in [0.4, 0.5) is 11.4 Å². The Morgan fingerprint density at radius 3 is 2.68 bits per heavy atom. The SMILES string of the molecule is CC(=O)N1c2ccccc2[C@@H](Nc2cccc(C)c2)C[C@H]1C. The highest BCUT2D eigenvalue weighted by atomic mass is 16.2. The normalized spacial score (nSPS) is 20.4. The molecule has 0 spiro atoms. The van der Waals surface area contributed by atoms with Gasteiger partial charge in [0.2, 0.25) is 5.91 Å². The second kappa shape index (κ2) is 5.84. The van der Waals surface area contributed by atoms with Gasteiger partial charge >= 0.3 is 0 Å². The van der Waals surface area contributed by atoms with E-state index in [9.17, 15) is 4.79 Å². The number of hydrogen-bond donors (Lipinski definition) is 1. The van der Waals surface area contributed by atoms with Crippen LogP contribution in [0.1, 0.15) is 37.4 Å². The quantitative estimate of drug-likeness (QED) is 0.896. The number of carbonyl (C=O) groups excluding carboxylic acids is 1. The molecule has 3 nitrogen and oxygen atoms in total. The van der Waals surface area contributed by atoms with Crippen LogP contribution in [0.2, 0.25) is 0 Å². The van der Waals surface area contributed by atoms with Crippen molar-refractivity contribution in [1.29, 1.82) is 0 Å². The topological polar surface area (TPSA) is 32.3 Å². The molecule has 1 aliphatic rings. The van der Waals surface area contributed by atoms with Crippen molar-refractivity contribution in [3.63, 3.8) is 0 Å². The van der Waals surface area contributed by atoms with Gasteiger partial charge in [-0.05, 0) is 49.6 Å². The highest BCUT2D eigenvalue weighted by Crippen LogP contribution is 2.38. The van der Waals surface area contributed by atoms with Gasteiger partial charge in [-0.15, -0.1) is 0 Å². The highest BCUT2D eigenvalue weighted by molar-refractivity contribution is 5.93. The van der Waals surface area contributed by atoms with E-state index in [1.54, 1.807) is 6.92 Å². The fraction of sp³-hybridized carbons (Fsp3) is 0.316. The van der Waals surface area contributed by atoms with Gasteiger partial charge in [-0.2, -0.15) is 0 Å². The Labute approximate surface area is 132 Å². The Hall–Kier alpha value is -2.29. The summed E-state index contributed by atoms with van der Waals surface area (Å²) in [5, 5.41) is 3.63. The first-order valence-corrected chi connectivity index (χ1v) is 7.78. The summed E-state index contributed by atoms with van der Waals surface area (Å²) in [7, 11) is 0. The Bertz CT molecular complexity index is 695. The molecule has 0 radical (unpaired) electrons. The third-order valence-electron chi connectivity index (χ3n) is 4.29. The molecule has 3 heteroatoms. The Morgan fingerprint density at radius 2 is 1.95 bits per heavy atom. The predicted octanol–water partition coefficient (Wildman–Crippen LogP) is 4.29. The molecule has 0 unspecified atom stereocenters. The van der Waals surface area contributed by atoms with Crippen LogP contribution in [0, 0.1) is 6.92 Å². The molecular formula is C19H22N2O. The number of benzene rings is 2. The molecule has 114 valence electrons. The fourth-order valence-corrected chi connectivity index (χ4v) is 3.37. The minimum absolute atomic E-state index is 0.106. The first-order valence-electron chi connectivity index (χ1n) is 7.78. The molecule has 0 fully saturated rings. The first kappa shape index (κ1) is 14.6. The van der Waals surface area contributed by atoms with Gasteiger partial charge in [0.1, 0.15) is 0 Å². The number of aryl methyl sites for hydroxylation is 1. The third kappa shape index (κ3) is 2.71. The fourth-order valence-electron chi connectivity index (χ4n) is 3.37. The Morgan fingerprint density at radius 1 is 1.18 bits per heavy atom. The van der Waals surface area contributed by atoms with Crippen LogP contribution in [0.5, 0.6) is 0 Å². The van der Waals surface area contributed by atoms with E-state index in [1.807, 2.05) is 23.1 Å². The number of nitrogens with one attached hydrogen (secondary N) is 1. The largest absolute Gasteiger partial charge is 0.378 e. The number of rotatable bonds is 2. The summed E-state index contributed by atoms with van der Waals surface area (Å²) < 4.78 is 0. The van der Waals surface area contributed by atoms with Crippen molar-refractivity contribution in [1.82, 2.24) is 0 Å². The number of carbonyl (C=O) groups is 1. The van der Waals surface area contributed by atoms with Gasteiger partial charge in [-0.25, -0.2) is 0 Å². The lowest BCUT2D eigenvalue weighted by Crippen LogP contribution is -2.43. The lowest BCUT2D eigenvalue weighted by atomic mass is 9.91. The van der Waals surface area contributed by atoms with Gasteiger partial charge in [-0.3, -0.25) is 4.79 Å². The summed E-state index contributed by atoms with van der Waals surface area (Å²) in [6.07, 6.45) is 0.907. The summed E-state index contributed by atoms with van der Waals surface area (Å²) in [5.74, 6) is 0.106. The molecule has 0 aromatic heterocycles. The molecule has 0 bridgehead atoms. The van der Waals surface area contributed by atoms with E-state index >= 15 is 0 Å². The maximum atomic E-state index is 12.0. The summed E-state index contributed by atoms with van der Waals surface area (Å²) >= 11 is 0. The minimum Gasteiger partial charge on any atom is -0.378 e. The van der Waals surface area contributed by atoms with Crippen LogP contribution in [0.25, 0.3) is 0 Å². The zero-order valence-electron chi connectivity index (χ0n) is 13.3. The predicted molar refractivity (Wildman–Crippen MR) is 91.2 cm³/mol. The van der Waals surface area contributed by atoms with Crippen LogP contribution in [0.15, 0.2) is 48.5 Å². The summed E-state index contributed by atoms with van der Waals surface area (Å²) in [6.45, 7) is 5.85. The monoisotopic (exact) mass is 294 g/mol. The van der Waals surface area contributed by atoms with E-state index in [1.165, 1.54) is 11.1 Å². The van der Waals surface area contributed by atoms with E-state index in [-0.39, 0.29) is 18.0 Å². The van der Waals surface area contributed by atoms with E-state index < -0.39 is 0 Å². The number of fused-ring (bicyclic) bond motifs is 1. The van der Waals surface area contributed by atoms with Crippen LogP contribution >= 0.6 is 0 Å². The number of amides is 1. The third-order valence-corrected chi connectivity index (χ3v) is 4.29. The molecule has 0 saturated carbocycles. The molecule has 22 heavy (non-hydrogen) atoms. The van der Waals surface area contributed by atoms with Crippen molar-refractivity contribution in [2.75, 3.05) is 10.2 Å². The van der Waals surface area contributed by atoms with E-state index in [4.69, 9.17) is 0 Å². The Balaban J connectivity index is 1.96. The van der Waals surface area contributed by atoms with Gasteiger partial charge in [0.25, 0.3) is 0 Å². The van der Waals surface area contributed by atoms with Gasteiger partial charge in [0, 0.05) is 24.3 Å². The van der Waals surface area contributed by atoms with Crippen LogP contribution < -0.4 is 10.2 Å². The average molecular weight is 294 g/mol. The van der Waals surface area contributed by atoms with Gasteiger partial charge in [0.05, 0.1) is 6.04 Å². The van der Waals surface area contributed by atoms with Crippen molar-refractivity contribution in [2.24, 2.45) is 0 Å². The van der Waals surface area contributed by atoms with Gasteiger partial charge in [0.15, 0.2) is 0 Å². The lowest BCUT2D eigenvalue weighted by molar-refractivity contribution is -0.117. The summed E-state index contributed by atoms with van der Waals surface area (Å²) in [5.41, 5.74) is 4.59. The maximum absolute atomic E-state index is 12.0. The number of para-hydroxylation sites is 1. The van der Waals surface area contributed by atoms with Crippen molar-refractivity contribution in [2.45, 2.75) is 39.3 Å². The van der Waals surface area contributed by atoms with E-state index in [2.05, 4.69) is 49.5 Å². The van der Waals surface area contributed by atoms with Crippen molar-refractivity contribution < 1.29 is 4.79 Å². The Kier molecular flexibility index (Phi) is 3.88. The second-order valence-electron chi connectivity index (χ2n) is 6.10. The van der Waals surface area contributed by atoms with Crippen molar-refractivity contribution in [3.05, 3.63) is 59.7 Å². The molecule has 0 aliphatic carbocycles. The number of nitrogens with zero attached hydrogens (tertiary/aromatic N) is 1. The highest BCUT2D eigenvalue weighted by Gasteiger charge is 2.31. The molecule has 1 N–H and O–H groups in total. The molecule has 2 aromatic rings. The van der Waals surface area contributed by atoms with Crippen LogP contribution in [0.3, 0.4) is 0 Å². The van der Waals surface area contributed by atoms with Crippen LogP contribution in [-0.2, 0) is 4.79 Å². The standard InChI is InChI=1S/C19H22N2O/c1-13-7-6-8-16(11-13)20-18-12-14(2)21(15(3)22)19-10-5-4-9-17(18)19/h4-11,14,18,20H,12H2,1-3H3/t14-,18+/m1/s1. The molecule has 2 aromatic carbocycles. The van der Waals surface area contributed by atoms with Crippen molar-refractivity contribution in [3.8, 4) is 0 Å². The minimum atomic E-state index is 0.106. The van der Waals surface area contributed by atoms with Gasteiger partial charge < -0.3 is 10.2 Å². The van der Waals surface area contributed by atoms with Crippen molar-refractivity contribution >= 4 is 17.3 Å². The maximum Gasteiger partial charge on any atom is 0.224 e. The zero-order chi connectivity index (χ0) is 15.7. The second-order valence-corrected chi connectivity index (χ2v) is 6.10. The first-order chi connectivity index (χ1) is 10.6. The number of anilines is 2. The molecular weight excluding hydrogens is 272 g/mol. The summed E-state index contributed by atoms with van der Waals surface area (Å²) in [4.78, 5) is 13.9. The van der Waals surface area contributed by atoms with Gasteiger partial charge in [-0.1, -0.05) is 30.3 Å². The smallest absolute Gasteiger partial charge is 0.224 e. The molecule has 2 atom stereocenters. The van der Waals surface area contributed by atoms with E-state index in [0.29, 0.717) is 0 Å². The lowest BCUT2D eigenvalue weighted by Gasteiger charge is -2.39. The molecule has 1 heterocycles. The molecule has 1 amide bonds. The average Bonchev–Trinajstić information content (AvgIpc) is 2.47. The molecule has 3 rings (SSSR count). The molecule has 1 aliphatic heterocycles. The number of hydrogen-bond acceptors (Lipinski definition) is 2. The van der Waals surface area contributed by atoms with Crippen LogP contribution in [-0.4, -0.2) is 11.9 Å². The molecule has 0 saturated heterocycles. The zero-order valence-corrected chi connectivity index (χ0v) is 13.3. The summed E-state index contributed by atoms with van der Waals surface area (Å²) in [6, 6.07) is 17.0. The van der Waals surface area contributed by atoms with E-state index in [0.717, 1.165) is 17.8 Å².